The predicted octanol–water partition coefficient (Wildman–Crippen LogP) is 4.64. The summed E-state index contributed by atoms with van der Waals surface area (Å²) in [5.41, 5.74) is 1.34. The van der Waals surface area contributed by atoms with Crippen LogP contribution in [0, 0.1) is 5.41 Å². The van der Waals surface area contributed by atoms with Gasteiger partial charge < -0.3 is 10.1 Å². The van der Waals surface area contributed by atoms with Crippen LogP contribution in [0.25, 0.3) is 0 Å². The summed E-state index contributed by atoms with van der Waals surface area (Å²) in [5.74, 6) is -0.176. The topological polar surface area (TPSA) is 21.3 Å². The van der Waals surface area contributed by atoms with Crippen LogP contribution in [-0.4, -0.2) is 12.4 Å². The molecule has 118 valence electrons. The summed E-state index contributed by atoms with van der Waals surface area (Å²) in [6, 6.07) is 6.54. The van der Waals surface area contributed by atoms with Gasteiger partial charge in [0.2, 0.25) is 0 Å². The average Bonchev–Trinajstić information content (AvgIpc) is 2.35. The van der Waals surface area contributed by atoms with E-state index in [1.165, 1.54) is 31.4 Å². The molecule has 1 atom stereocenters. The molecule has 0 aromatic heterocycles. The molecule has 21 heavy (non-hydrogen) atoms. The molecule has 5 heteroatoms. The third-order valence-electron chi connectivity index (χ3n) is 3.96. The maximum Gasteiger partial charge on any atom is 0.573 e. The molecule has 0 amide bonds. The Labute approximate surface area is 123 Å². The van der Waals surface area contributed by atoms with E-state index in [0.717, 1.165) is 12.0 Å². The van der Waals surface area contributed by atoms with Gasteiger partial charge in [0.05, 0.1) is 0 Å². The normalized spacial score (nSPS) is 22.0. The zero-order chi connectivity index (χ0) is 15.5. The third-order valence-corrected chi connectivity index (χ3v) is 3.96. The Bertz CT molecular complexity index is 454. The van der Waals surface area contributed by atoms with E-state index in [4.69, 9.17) is 0 Å². The smallest absolute Gasteiger partial charge is 0.406 e. The van der Waals surface area contributed by atoms with Crippen LogP contribution < -0.4 is 10.1 Å². The Balaban J connectivity index is 1.83. The fraction of sp³-hybridized carbons (Fsp3) is 0.625. The first-order valence-corrected chi connectivity index (χ1v) is 7.32. The predicted molar refractivity (Wildman–Crippen MR) is 76.0 cm³/mol. The van der Waals surface area contributed by atoms with Crippen molar-refractivity contribution in [3.8, 4) is 5.75 Å². The maximum atomic E-state index is 12.1. The zero-order valence-corrected chi connectivity index (χ0v) is 12.5. The van der Waals surface area contributed by atoms with Gasteiger partial charge in [0.1, 0.15) is 5.75 Å². The Kier molecular flexibility index (Phi) is 4.81. The van der Waals surface area contributed by atoms with E-state index in [1.54, 1.807) is 12.1 Å². The lowest BCUT2D eigenvalue weighted by molar-refractivity contribution is -0.274. The van der Waals surface area contributed by atoms with Crippen molar-refractivity contribution in [2.24, 2.45) is 5.41 Å². The highest BCUT2D eigenvalue weighted by atomic mass is 19.4. The van der Waals surface area contributed by atoms with Crippen LogP contribution >= 0.6 is 0 Å². The number of benzene rings is 1. The van der Waals surface area contributed by atoms with E-state index >= 15 is 0 Å². The van der Waals surface area contributed by atoms with Gasteiger partial charge in [0.15, 0.2) is 0 Å². The van der Waals surface area contributed by atoms with Crippen LogP contribution in [0.4, 0.5) is 13.2 Å². The minimum Gasteiger partial charge on any atom is -0.406 e. The summed E-state index contributed by atoms with van der Waals surface area (Å²) in [7, 11) is 0. The Morgan fingerprint density at radius 3 is 2.48 bits per heavy atom. The summed E-state index contributed by atoms with van der Waals surface area (Å²) in [6.45, 7) is 5.24. The van der Waals surface area contributed by atoms with Crippen molar-refractivity contribution in [2.75, 3.05) is 0 Å². The summed E-state index contributed by atoms with van der Waals surface area (Å²) in [6.07, 6.45) is 0.159. The molecular weight excluding hydrogens is 279 g/mol. The van der Waals surface area contributed by atoms with Crippen LogP contribution in [0.5, 0.6) is 5.75 Å². The average molecular weight is 301 g/mol. The van der Waals surface area contributed by atoms with Crippen LogP contribution in [-0.2, 0) is 6.54 Å². The van der Waals surface area contributed by atoms with Crippen molar-refractivity contribution in [1.82, 2.24) is 5.32 Å². The molecule has 1 fully saturated rings. The van der Waals surface area contributed by atoms with E-state index < -0.39 is 6.36 Å². The molecule has 0 spiro atoms. The second-order valence-electron chi connectivity index (χ2n) is 6.53. The quantitative estimate of drug-likeness (QED) is 0.874. The standard InChI is InChI=1S/C16H22F3NO/c1-15(2)9-3-4-13(10-15)20-11-12-5-7-14(8-6-12)21-16(17,18)19/h5-8,13,20H,3-4,9-11H2,1-2H3. The van der Waals surface area contributed by atoms with Crippen molar-refractivity contribution in [3.63, 3.8) is 0 Å². The SMILES string of the molecule is CC1(C)CCCC(NCc2ccc(OC(F)(F)F)cc2)C1. The van der Waals surface area contributed by atoms with E-state index in [1.807, 2.05) is 0 Å². The Morgan fingerprint density at radius 1 is 1.24 bits per heavy atom. The van der Waals surface area contributed by atoms with E-state index in [-0.39, 0.29) is 5.75 Å². The lowest BCUT2D eigenvalue weighted by Gasteiger charge is -2.35. The molecule has 0 bridgehead atoms. The van der Waals surface area contributed by atoms with E-state index in [0.29, 0.717) is 18.0 Å². The number of nitrogens with one attached hydrogen (secondary N) is 1. The van der Waals surface area contributed by atoms with Gasteiger partial charge in [-0.05, 0) is 42.4 Å². The highest BCUT2D eigenvalue weighted by molar-refractivity contribution is 5.27. The molecule has 2 nitrogen and oxygen atoms in total. The van der Waals surface area contributed by atoms with Gasteiger partial charge in [-0.2, -0.15) is 0 Å². The monoisotopic (exact) mass is 301 g/mol. The van der Waals surface area contributed by atoms with Gasteiger partial charge in [-0.15, -0.1) is 13.2 Å². The van der Waals surface area contributed by atoms with Gasteiger partial charge in [-0.1, -0.05) is 32.4 Å². The highest BCUT2D eigenvalue weighted by Crippen LogP contribution is 2.35. The summed E-state index contributed by atoms with van der Waals surface area (Å²) in [5, 5.41) is 3.50. The number of hydrogen-bond acceptors (Lipinski definition) is 2. The molecule has 0 radical (unpaired) electrons. The van der Waals surface area contributed by atoms with Crippen LogP contribution in [0.3, 0.4) is 0 Å². The van der Waals surface area contributed by atoms with Crippen LogP contribution in [0.1, 0.15) is 45.1 Å². The second kappa shape index (κ2) is 6.26. The second-order valence-corrected chi connectivity index (χ2v) is 6.53. The largest absolute Gasteiger partial charge is 0.573 e. The summed E-state index contributed by atoms with van der Waals surface area (Å²) >= 11 is 0. The van der Waals surface area contributed by atoms with Crippen molar-refractivity contribution in [1.29, 1.82) is 0 Å². The number of ether oxygens (including phenoxy) is 1. The minimum atomic E-state index is -4.63. The molecule has 0 heterocycles. The Hall–Kier alpha value is -1.23. The summed E-state index contributed by atoms with van der Waals surface area (Å²) in [4.78, 5) is 0. The lowest BCUT2D eigenvalue weighted by Crippen LogP contribution is -2.36. The third kappa shape index (κ3) is 5.58. The molecule has 1 saturated carbocycles. The minimum absolute atomic E-state index is 0.176. The molecule has 1 aromatic carbocycles. The first kappa shape index (κ1) is 16.1. The van der Waals surface area contributed by atoms with Crippen LogP contribution in [0.2, 0.25) is 0 Å². The highest BCUT2D eigenvalue weighted by Gasteiger charge is 2.31. The van der Waals surface area contributed by atoms with Crippen molar-refractivity contribution >= 4 is 0 Å². The molecular formula is C16H22F3NO. The molecule has 1 aliphatic carbocycles. The molecule has 2 rings (SSSR count). The van der Waals surface area contributed by atoms with Gasteiger partial charge in [-0.3, -0.25) is 0 Å². The molecule has 0 aliphatic heterocycles. The van der Waals surface area contributed by atoms with Gasteiger partial charge in [0.25, 0.3) is 0 Å². The van der Waals surface area contributed by atoms with E-state index in [2.05, 4.69) is 23.9 Å². The number of hydrogen-bond donors (Lipinski definition) is 1. The maximum absolute atomic E-state index is 12.1. The summed E-state index contributed by atoms with van der Waals surface area (Å²) < 4.78 is 40.1. The number of rotatable bonds is 4. The van der Waals surface area contributed by atoms with Crippen molar-refractivity contribution < 1.29 is 17.9 Å². The molecule has 0 saturated heterocycles. The Morgan fingerprint density at radius 2 is 1.90 bits per heavy atom. The molecule has 1 N–H and O–H groups in total. The first-order valence-electron chi connectivity index (χ1n) is 7.32. The van der Waals surface area contributed by atoms with Crippen LogP contribution in [0.15, 0.2) is 24.3 Å². The van der Waals surface area contributed by atoms with Gasteiger partial charge in [0, 0.05) is 12.6 Å². The van der Waals surface area contributed by atoms with Crippen molar-refractivity contribution in [2.45, 2.75) is 58.5 Å². The molecule has 1 aromatic rings. The van der Waals surface area contributed by atoms with Crippen molar-refractivity contribution in [3.05, 3.63) is 29.8 Å². The molecule has 1 aliphatic rings. The zero-order valence-electron chi connectivity index (χ0n) is 12.5. The first-order chi connectivity index (χ1) is 9.73. The van der Waals surface area contributed by atoms with Gasteiger partial charge in [-0.25, -0.2) is 0 Å². The number of alkyl halides is 3. The fourth-order valence-electron chi connectivity index (χ4n) is 2.94. The van der Waals surface area contributed by atoms with Gasteiger partial charge >= 0.3 is 6.36 Å². The van der Waals surface area contributed by atoms with E-state index in [9.17, 15) is 13.2 Å². The fourth-order valence-corrected chi connectivity index (χ4v) is 2.94. The molecule has 1 unspecified atom stereocenters. The lowest BCUT2D eigenvalue weighted by atomic mass is 9.75. The number of halogens is 3.